The van der Waals surface area contributed by atoms with E-state index in [1.165, 1.54) is 11.3 Å². The highest BCUT2D eigenvalue weighted by molar-refractivity contribution is 7.16. The first-order valence-corrected chi connectivity index (χ1v) is 10.2. The molecule has 0 spiro atoms. The maximum atomic E-state index is 12.6. The molecule has 0 atom stereocenters. The van der Waals surface area contributed by atoms with Crippen molar-refractivity contribution in [2.75, 3.05) is 18.5 Å². The first kappa shape index (κ1) is 19.6. The molecule has 1 aromatic carbocycles. The van der Waals surface area contributed by atoms with E-state index in [4.69, 9.17) is 4.74 Å². The summed E-state index contributed by atoms with van der Waals surface area (Å²) in [5.41, 5.74) is 2.67. The topological polar surface area (TPSA) is 67.4 Å². The van der Waals surface area contributed by atoms with Gasteiger partial charge >= 0.3 is 0 Å². The van der Waals surface area contributed by atoms with Crippen molar-refractivity contribution in [3.8, 4) is 0 Å². The van der Waals surface area contributed by atoms with Crippen LogP contribution >= 0.6 is 11.3 Å². The van der Waals surface area contributed by atoms with Crippen LogP contribution in [0.5, 0.6) is 0 Å². The highest BCUT2D eigenvalue weighted by Crippen LogP contribution is 2.35. The second-order valence-corrected chi connectivity index (χ2v) is 8.12. The summed E-state index contributed by atoms with van der Waals surface area (Å²) in [4.78, 5) is 25.7. The van der Waals surface area contributed by atoms with Crippen LogP contribution in [-0.4, -0.2) is 25.0 Å². The molecule has 1 aliphatic carbocycles. The second kappa shape index (κ2) is 9.15. The number of rotatable bonds is 9. The minimum atomic E-state index is -0.133. The number of ether oxygens (including phenoxy) is 1. The molecule has 0 aliphatic heterocycles. The van der Waals surface area contributed by atoms with Gasteiger partial charge in [0.25, 0.3) is 5.91 Å². The van der Waals surface area contributed by atoms with Crippen LogP contribution in [0.1, 0.15) is 45.6 Å². The SMILES string of the molecule is Cc1sc(NC(=O)C2CC2)c(C(=O)NCCCOCc2ccccc2)c1C. The van der Waals surface area contributed by atoms with E-state index in [1.807, 2.05) is 44.2 Å². The Hall–Kier alpha value is -2.18. The Morgan fingerprint density at radius 3 is 2.63 bits per heavy atom. The number of hydrogen-bond donors (Lipinski definition) is 2. The van der Waals surface area contributed by atoms with Gasteiger partial charge in [0.15, 0.2) is 0 Å². The lowest BCUT2D eigenvalue weighted by atomic mass is 10.1. The van der Waals surface area contributed by atoms with Crippen molar-refractivity contribution in [3.05, 3.63) is 51.9 Å². The van der Waals surface area contributed by atoms with Crippen LogP contribution < -0.4 is 10.6 Å². The lowest BCUT2D eigenvalue weighted by Gasteiger charge is -2.09. The van der Waals surface area contributed by atoms with Crippen molar-refractivity contribution in [2.24, 2.45) is 5.92 Å². The highest BCUT2D eigenvalue weighted by Gasteiger charge is 2.31. The van der Waals surface area contributed by atoms with E-state index in [2.05, 4.69) is 10.6 Å². The number of hydrogen-bond acceptors (Lipinski definition) is 4. The first-order valence-electron chi connectivity index (χ1n) is 9.37. The van der Waals surface area contributed by atoms with E-state index in [0.29, 0.717) is 30.3 Å². The molecule has 0 radical (unpaired) electrons. The molecule has 0 bridgehead atoms. The van der Waals surface area contributed by atoms with Gasteiger partial charge in [-0.05, 0) is 44.2 Å². The number of carbonyl (C=O) groups is 2. The monoisotopic (exact) mass is 386 g/mol. The quantitative estimate of drug-likeness (QED) is 0.639. The predicted octanol–water partition coefficient (Wildman–Crippen LogP) is 4.05. The molecule has 2 aromatic rings. The zero-order valence-corrected chi connectivity index (χ0v) is 16.7. The number of nitrogens with one attached hydrogen (secondary N) is 2. The number of thiophene rings is 1. The predicted molar refractivity (Wildman–Crippen MR) is 108 cm³/mol. The molecular formula is C21H26N2O3S. The molecule has 2 amide bonds. The van der Waals surface area contributed by atoms with Crippen LogP contribution in [0.3, 0.4) is 0 Å². The fourth-order valence-corrected chi connectivity index (χ4v) is 3.84. The van der Waals surface area contributed by atoms with Gasteiger partial charge < -0.3 is 15.4 Å². The minimum absolute atomic E-state index is 0.0274. The van der Waals surface area contributed by atoms with E-state index in [-0.39, 0.29) is 17.7 Å². The average molecular weight is 387 g/mol. The van der Waals surface area contributed by atoms with E-state index in [9.17, 15) is 9.59 Å². The molecule has 3 rings (SSSR count). The zero-order valence-electron chi connectivity index (χ0n) is 15.8. The van der Waals surface area contributed by atoms with Gasteiger partial charge in [0.2, 0.25) is 5.91 Å². The van der Waals surface area contributed by atoms with Crippen LogP contribution in [-0.2, 0) is 16.1 Å². The summed E-state index contributed by atoms with van der Waals surface area (Å²) in [7, 11) is 0. The van der Waals surface area contributed by atoms with E-state index in [0.717, 1.165) is 35.3 Å². The Morgan fingerprint density at radius 1 is 1.19 bits per heavy atom. The maximum absolute atomic E-state index is 12.6. The van der Waals surface area contributed by atoms with E-state index < -0.39 is 0 Å². The van der Waals surface area contributed by atoms with Gasteiger partial charge in [0, 0.05) is 23.9 Å². The van der Waals surface area contributed by atoms with Crippen molar-refractivity contribution in [1.82, 2.24) is 5.32 Å². The zero-order chi connectivity index (χ0) is 19.2. The van der Waals surface area contributed by atoms with E-state index >= 15 is 0 Å². The molecule has 1 aromatic heterocycles. The molecule has 6 heteroatoms. The molecule has 0 unspecified atom stereocenters. The number of carbonyl (C=O) groups excluding carboxylic acids is 2. The number of aryl methyl sites for hydroxylation is 1. The van der Waals surface area contributed by atoms with Crippen molar-refractivity contribution in [1.29, 1.82) is 0 Å². The molecule has 1 heterocycles. The largest absolute Gasteiger partial charge is 0.377 e. The lowest BCUT2D eigenvalue weighted by molar-refractivity contribution is -0.117. The fourth-order valence-electron chi connectivity index (χ4n) is 2.78. The third-order valence-electron chi connectivity index (χ3n) is 4.66. The Kier molecular flexibility index (Phi) is 6.63. The van der Waals surface area contributed by atoms with Gasteiger partial charge in [0.1, 0.15) is 5.00 Å². The van der Waals surface area contributed by atoms with Crippen molar-refractivity contribution in [3.63, 3.8) is 0 Å². The van der Waals surface area contributed by atoms with Crippen LogP contribution in [0.4, 0.5) is 5.00 Å². The summed E-state index contributed by atoms with van der Waals surface area (Å²) < 4.78 is 5.64. The number of benzene rings is 1. The van der Waals surface area contributed by atoms with Gasteiger partial charge in [-0.3, -0.25) is 9.59 Å². The average Bonchev–Trinajstić information content (AvgIpc) is 3.46. The highest BCUT2D eigenvalue weighted by atomic mass is 32.1. The molecule has 1 aliphatic rings. The summed E-state index contributed by atoms with van der Waals surface area (Å²) in [6, 6.07) is 10.0. The van der Waals surface area contributed by atoms with Crippen LogP contribution in [0.25, 0.3) is 0 Å². The third kappa shape index (κ3) is 5.40. The first-order chi connectivity index (χ1) is 13.1. The summed E-state index contributed by atoms with van der Waals surface area (Å²) in [6.07, 6.45) is 2.63. The minimum Gasteiger partial charge on any atom is -0.377 e. The van der Waals surface area contributed by atoms with E-state index in [1.54, 1.807) is 0 Å². The summed E-state index contributed by atoms with van der Waals surface area (Å²) >= 11 is 1.47. The van der Waals surface area contributed by atoms with Crippen LogP contribution in [0.2, 0.25) is 0 Å². The lowest BCUT2D eigenvalue weighted by Crippen LogP contribution is -2.27. The summed E-state index contributed by atoms with van der Waals surface area (Å²) in [5, 5.41) is 6.55. The smallest absolute Gasteiger partial charge is 0.254 e. The van der Waals surface area contributed by atoms with Crippen LogP contribution in [0.15, 0.2) is 30.3 Å². The van der Waals surface area contributed by atoms with Crippen molar-refractivity contribution in [2.45, 2.75) is 39.7 Å². The Labute approximate surface area is 164 Å². The molecular weight excluding hydrogens is 360 g/mol. The molecule has 1 saturated carbocycles. The molecule has 0 saturated heterocycles. The molecule has 1 fully saturated rings. The molecule has 2 N–H and O–H groups in total. The Morgan fingerprint density at radius 2 is 1.93 bits per heavy atom. The normalized spacial score (nSPS) is 13.4. The standard InChI is InChI=1S/C21H26N2O3S/c1-14-15(2)27-21(23-19(24)17-9-10-17)18(14)20(25)22-11-6-12-26-13-16-7-4-3-5-8-16/h3-5,7-8,17H,6,9-13H2,1-2H3,(H,22,25)(H,23,24). The van der Waals surface area contributed by atoms with Gasteiger partial charge in [-0.15, -0.1) is 11.3 Å². The summed E-state index contributed by atoms with van der Waals surface area (Å²) in [6.45, 7) is 5.60. The maximum Gasteiger partial charge on any atom is 0.254 e. The van der Waals surface area contributed by atoms with Gasteiger partial charge in [0.05, 0.1) is 12.2 Å². The fraction of sp³-hybridized carbons (Fsp3) is 0.429. The number of amides is 2. The van der Waals surface area contributed by atoms with Gasteiger partial charge in [-0.1, -0.05) is 30.3 Å². The molecule has 5 nitrogen and oxygen atoms in total. The third-order valence-corrected chi connectivity index (χ3v) is 5.78. The van der Waals surface area contributed by atoms with Gasteiger partial charge in [-0.2, -0.15) is 0 Å². The Balaban J connectivity index is 1.45. The number of anilines is 1. The molecule has 144 valence electrons. The summed E-state index contributed by atoms with van der Waals surface area (Å²) in [5.74, 6) is 0.0102. The molecule has 27 heavy (non-hydrogen) atoms. The second-order valence-electron chi connectivity index (χ2n) is 6.90. The van der Waals surface area contributed by atoms with Crippen molar-refractivity contribution < 1.29 is 14.3 Å². The Bertz CT molecular complexity index is 797. The van der Waals surface area contributed by atoms with Gasteiger partial charge in [-0.25, -0.2) is 0 Å². The van der Waals surface area contributed by atoms with Crippen LogP contribution in [0, 0.1) is 19.8 Å². The van der Waals surface area contributed by atoms with Crippen molar-refractivity contribution >= 4 is 28.2 Å².